The molecule has 35 heavy (non-hydrogen) atoms. The van der Waals surface area contributed by atoms with Gasteiger partial charge in [0.05, 0.1) is 22.6 Å². The van der Waals surface area contributed by atoms with E-state index in [1.165, 1.54) is 21.2 Å². The van der Waals surface area contributed by atoms with Gasteiger partial charge in [0.15, 0.2) is 0 Å². The van der Waals surface area contributed by atoms with Crippen molar-refractivity contribution in [3.8, 4) is 5.75 Å². The second kappa shape index (κ2) is 9.02. The van der Waals surface area contributed by atoms with E-state index in [4.69, 9.17) is 4.74 Å². The second-order valence-electron chi connectivity index (χ2n) is 8.54. The minimum atomic E-state index is -3.76. The molecule has 1 unspecified atom stereocenters. The first-order valence-electron chi connectivity index (χ1n) is 11.5. The summed E-state index contributed by atoms with van der Waals surface area (Å²) in [6.45, 7) is 4.14. The summed E-state index contributed by atoms with van der Waals surface area (Å²) in [5, 5.41) is 0.847. The highest BCUT2D eigenvalue weighted by Crippen LogP contribution is 2.37. The van der Waals surface area contributed by atoms with Crippen molar-refractivity contribution in [1.82, 2.24) is 0 Å². The fourth-order valence-electron chi connectivity index (χ4n) is 4.65. The van der Waals surface area contributed by atoms with Crippen LogP contribution in [-0.4, -0.2) is 34.0 Å². The molecule has 0 N–H and O–H groups in total. The van der Waals surface area contributed by atoms with Crippen molar-refractivity contribution in [2.75, 3.05) is 22.9 Å². The maximum atomic E-state index is 13.5. The quantitative estimate of drug-likeness (QED) is 0.336. The third kappa shape index (κ3) is 4.06. The molecule has 2 heterocycles. The van der Waals surface area contributed by atoms with Crippen LogP contribution in [0.1, 0.15) is 29.1 Å². The van der Waals surface area contributed by atoms with E-state index in [1.807, 2.05) is 41.3 Å². The van der Waals surface area contributed by atoms with Gasteiger partial charge in [-0.05, 0) is 85.8 Å². The summed E-state index contributed by atoms with van der Waals surface area (Å²) in [5.41, 5.74) is 2.71. The highest BCUT2D eigenvalue weighted by molar-refractivity contribution is 7.92. The Bertz CT molecular complexity index is 1510. The Hall–Kier alpha value is -3.36. The number of nitrogens with zero attached hydrogens (tertiary/aromatic N) is 2. The summed E-state index contributed by atoms with van der Waals surface area (Å²) in [7, 11) is -2.21. The molecule has 1 aliphatic rings. The van der Waals surface area contributed by atoms with Crippen molar-refractivity contribution in [2.24, 2.45) is 0 Å². The van der Waals surface area contributed by atoms with E-state index in [-0.39, 0.29) is 23.4 Å². The number of anilines is 2. The number of sulfonamides is 1. The fraction of sp³-hybridized carbons (Fsp3) is 0.222. The van der Waals surface area contributed by atoms with Crippen molar-refractivity contribution >= 4 is 48.7 Å². The van der Waals surface area contributed by atoms with Gasteiger partial charge in [-0.2, -0.15) is 0 Å². The number of carbonyl (C=O) groups excluding carboxylic acids is 1. The van der Waals surface area contributed by atoms with Gasteiger partial charge in [-0.1, -0.05) is 18.2 Å². The molecule has 0 saturated heterocycles. The van der Waals surface area contributed by atoms with E-state index >= 15 is 0 Å². The maximum absolute atomic E-state index is 13.5. The molecular weight excluding hydrogens is 480 g/mol. The zero-order valence-electron chi connectivity index (χ0n) is 19.8. The van der Waals surface area contributed by atoms with E-state index in [0.29, 0.717) is 16.3 Å². The number of para-hydroxylation sites is 1. The molecule has 0 radical (unpaired) electrons. The lowest BCUT2D eigenvalue weighted by Crippen LogP contribution is -2.35. The summed E-state index contributed by atoms with van der Waals surface area (Å²) in [6.07, 6.45) is 0.839. The van der Waals surface area contributed by atoms with Gasteiger partial charge in [0.25, 0.3) is 15.9 Å². The van der Waals surface area contributed by atoms with E-state index in [2.05, 4.69) is 13.0 Å². The lowest BCUT2D eigenvalue weighted by atomic mass is 10.1. The van der Waals surface area contributed by atoms with Crippen LogP contribution in [-0.2, 0) is 16.4 Å². The smallest absolute Gasteiger partial charge is 0.268 e. The largest absolute Gasteiger partial charge is 0.497 e. The number of amides is 1. The summed E-state index contributed by atoms with van der Waals surface area (Å²) in [5.74, 6) is 0.572. The van der Waals surface area contributed by atoms with Gasteiger partial charge < -0.3 is 9.64 Å². The highest BCUT2D eigenvalue weighted by Gasteiger charge is 2.32. The van der Waals surface area contributed by atoms with Crippen molar-refractivity contribution < 1.29 is 17.9 Å². The van der Waals surface area contributed by atoms with Gasteiger partial charge in [-0.15, -0.1) is 11.3 Å². The molecule has 8 heteroatoms. The van der Waals surface area contributed by atoms with E-state index in [1.54, 1.807) is 44.4 Å². The fourth-order valence-corrected chi connectivity index (χ4v) is 7.10. The lowest BCUT2D eigenvalue weighted by molar-refractivity contribution is 0.0985. The van der Waals surface area contributed by atoms with Crippen LogP contribution in [0.25, 0.3) is 10.1 Å². The molecule has 1 aromatic heterocycles. The normalized spacial score (nSPS) is 15.3. The third-order valence-electron chi connectivity index (χ3n) is 6.36. The number of hydrogen-bond acceptors (Lipinski definition) is 5. The van der Waals surface area contributed by atoms with Gasteiger partial charge in [0.1, 0.15) is 5.75 Å². The van der Waals surface area contributed by atoms with Crippen molar-refractivity contribution in [1.29, 1.82) is 0 Å². The van der Waals surface area contributed by atoms with Gasteiger partial charge in [-0.25, -0.2) is 8.42 Å². The number of rotatable bonds is 6. The molecule has 1 atom stereocenters. The number of ether oxygens (including phenoxy) is 1. The molecule has 0 spiro atoms. The Labute approximate surface area is 209 Å². The number of fused-ring (bicyclic) bond motifs is 2. The van der Waals surface area contributed by atoms with Crippen LogP contribution < -0.4 is 13.9 Å². The lowest BCUT2D eigenvalue weighted by Gasteiger charge is -2.23. The molecule has 3 aromatic carbocycles. The summed E-state index contributed by atoms with van der Waals surface area (Å²) >= 11 is 1.43. The van der Waals surface area contributed by atoms with Crippen LogP contribution in [0.2, 0.25) is 0 Å². The first-order chi connectivity index (χ1) is 16.8. The summed E-state index contributed by atoms with van der Waals surface area (Å²) in [4.78, 5) is 16.2. The molecule has 0 bridgehead atoms. The highest BCUT2D eigenvalue weighted by atomic mass is 32.2. The number of hydrogen-bond donors (Lipinski definition) is 0. The molecule has 5 rings (SSSR count). The van der Waals surface area contributed by atoms with Crippen LogP contribution in [0.4, 0.5) is 11.4 Å². The van der Waals surface area contributed by atoms with Gasteiger partial charge >= 0.3 is 0 Å². The average molecular weight is 507 g/mol. The molecule has 0 saturated carbocycles. The molecule has 0 fully saturated rings. The van der Waals surface area contributed by atoms with Crippen molar-refractivity contribution in [2.45, 2.75) is 31.2 Å². The van der Waals surface area contributed by atoms with Crippen LogP contribution in [0.3, 0.4) is 0 Å². The monoisotopic (exact) mass is 506 g/mol. The Balaban J connectivity index is 1.48. The first kappa shape index (κ1) is 23.4. The Morgan fingerprint density at radius 2 is 1.83 bits per heavy atom. The standard InChI is InChI=1S/C27H26N2O4S2/c1-4-28(35(31,32)23-12-10-22(33-3)11-13-23)21-9-14-25-20(16-21)17-26(34-25)27(30)29-18(2)15-19-7-5-6-8-24(19)29/h5-14,16-18H,4,15H2,1-3H3. The Morgan fingerprint density at radius 3 is 2.54 bits per heavy atom. The van der Waals surface area contributed by atoms with Crippen molar-refractivity contribution in [3.05, 3.63) is 83.2 Å². The summed E-state index contributed by atoms with van der Waals surface area (Å²) < 4.78 is 34.2. The number of thiophene rings is 1. The molecule has 1 aliphatic heterocycles. The van der Waals surface area contributed by atoms with E-state index in [9.17, 15) is 13.2 Å². The van der Waals surface area contributed by atoms with Gasteiger partial charge in [0, 0.05) is 23.0 Å². The van der Waals surface area contributed by atoms with Crippen molar-refractivity contribution in [3.63, 3.8) is 0 Å². The number of carbonyl (C=O) groups is 1. The minimum absolute atomic E-state index is 0.0246. The minimum Gasteiger partial charge on any atom is -0.497 e. The molecule has 1 amide bonds. The zero-order valence-corrected chi connectivity index (χ0v) is 21.4. The summed E-state index contributed by atoms with van der Waals surface area (Å²) in [6, 6.07) is 21.9. The predicted molar refractivity (Wildman–Crippen MR) is 141 cm³/mol. The first-order valence-corrected chi connectivity index (χ1v) is 13.7. The SMILES string of the molecule is CCN(c1ccc2sc(C(=O)N3c4ccccc4CC3C)cc2c1)S(=O)(=O)c1ccc(OC)cc1. The molecule has 4 aromatic rings. The maximum Gasteiger partial charge on any atom is 0.268 e. The predicted octanol–water partition coefficient (Wildman–Crippen LogP) is 5.72. The third-order valence-corrected chi connectivity index (χ3v) is 9.38. The van der Waals surface area contributed by atoms with Crippen LogP contribution in [0, 0.1) is 0 Å². The molecule has 180 valence electrons. The number of methoxy groups -OCH3 is 1. The van der Waals surface area contributed by atoms with E-state index in [0.717, 1.165) is 22.2 Å². The molecule has 6 nitrogen and oxygen atoms in total. The van der Waals surface area contributed by atoms with Crippen LogP contribution >= 0.6 is 11.3 Å². The van der Waals surface area contributed by atoms with Crippen LogP contribution in [0.15, 0.2) is 77.7 Å². The van der Waals surface area contributed by atoms with E-state index < -0.39 is 10.0 Å². The Morgan fingerprint density at radius 1 is 1.09 bits per heavy atom. The number of benzene rings is 3. The molecular formula is C27H26N2O4S2. The average Bonchev–Trinajstić information content (AvgIpc) is 3.44. The van der Waals surface area contributed by atoms with Crippen LogP contribution in [0.5, 0.6) is 5.75 Å². The van der Waals surface area contributed by atoms with Gasteiger partial charge in [-0.3, -0.25) is 9.10 Å². The van der Waals surface area contributed by atoms with Gasteiger partial charge in [0.2, 0.25) is 0 Å². The second-order valence-corrected chi connectivity index (χ2v) is 11.5. The zero-order chi connectivity index (χ0) is 24.7. The Kier molecular flexibility index (Phi) is 6.02. The topological polar surface area (TPSA) is 66.9 Å². The molecule has 0 aliphatic carbocycles.